The third-order valence-corrected chi connectivity index (χ3v) is 8.64. The van der Waals surface area contributed by atoms with Crippen molar-refractivity contribution in [3.05, 3.63) is 168 Å². The average Bonchev–Trinajstić information content (AvgIpc) is 3.32. The molecule has 0 bridgehead atoms. The van der Waals surface area contributed by atoms with Crippen LogP contribution in [-0.2, 0) is 6.54 Å². The SMILES string of the molecule is C=CC(C)N=c1c2ccc(-c3ccc(C(C)=NC/C=C\C=C/C(=C)C)c(C4=C(C)C=CCC=C4)c3)cc2c2ccccc2n1C/C=C\C. The predicted molar refractivity (Wildman–Crippen MR) is 211 cm³/mol. The minimum Gasteiger partial charge on any atom is -0.322 e. The van der Waals surface area contributed by atoms with Crippen molar-refractivity contribution >= 4 is 33.0 Å². The Labute approximate surface area is 286 Å². The molecule has 1 aliphatic rings. The van der Waals surface area contributed by atoms with E-state index in [1.807, 2.05) is 31.2 Å². The highest BCUT2D eigenvalue weighted by Gasteiger charge is 2.15. The molecule has 242 valence electrons. The third-order valence-electron chi connectivity index (χ3n) is 8.64. The molecule has 3 heteroatoms. The van der Waals surface area contributed by atoms with E-state index in [0.717, 1.165) is 40.7 Å². The zero-order chi connectivity index (χ0) is 34.0. The second-order valence-corrected chi connectivity index (χ2v) is 12.3. The normalized spacial score (nSPS) is 15.1. The number of aliphatic imine (C=N–C) groups is 1. The quantitative estimate of drug-likeness (QED) is 0.0684. The van der Waals surface area contributed by atoms with Gasteiger partial charge in [0.05, 0.1) is 18.1 Å². The number of aromatic nitrogens is 1. The Morgan fingerprint density at radius 3 is 2.48 bits per heavy atom. The first-order valence-corrected chi connectivity index (χ1v) is 16.8. The summed E-state index contributed by atoms with van der Waals surface area (Å²) < 4.78 is 2.32. The molecule has 0 N–H and O–H groups in total. The molecule has 0 radical (unpaired) electrons. The lowest BCUT2D eigenvalue weighted by Crippen LogP contribution is -2.24. The highest BCUT2D eigenvalue weighted by Crippen LogP contribution is 2.34. The summed E-state index contributed by atoms with van der Waals surface area (Å²) in [5.41, 5.74) is 11.3. The fourth-order valence-corrected chi connectivity index (χ4v) is 6.05. The van der Waals surface area contributed by atoms with Gasteiger partial charge in [0.15, 0.2) is 0 Å². The second-order valence-electron chi connectivity index (χ2n) is 12.3. The number of hydrogen-bond donors (Lipinski definition) is 0. The first-order valence-electron chi connectivity index (χ1n) is 16.8. The maximum absolute atomic E-state index is 5.15. The Morgan fingerprint density at radius 2 is 1.69 bits per heavy atom. The first kappa shape index (κ1) is 34.1. The van der Waals surface area contributed by atoms with E-state index in [2.05, 4.69) is 149 Å². The second kappa shape index (κ2) is 16.0. The summed E-state index contributed by atoms with van der Waals surface area (Å²) >= 11 is 0. The van der Waals surface area contributed by atoms with Crippen molar-refractivity contribution in [2.75, 3.05) is 6.54 Å². The number of para-hydroxylation sites is 1. The van der Waals surface area contributed by atoms with Crippen LogP contribution in [0.5, 0.6) is 0 Å². The standard InChI is InChI=1S/C45H47N3/c1-8-10-29-48-44-23-17-16-22-40(44)43-31-37(25-27-41(43)45(48)47-34(6)9-2)36-24-26-39(35(7)46-28-18-12-13-19-32(3)4)42(30-36)38-21-15-11-14-20-33(38)5/h8-10,12-27,30-31,34H,2-3,11,28-29H2,1,4-7H3/b10-8-,18-12-,19-13-,46-35?,47-45?. The molecule has 48 heavy (non-hydrogen) atoms. The molecule has 0 amide bonds. The number of pyridine rings is 1. The van der Waals surface area contributed by atoms with Crippen LogP contribution < -0.4 is 5.49 Å². The summed E-state index contributed by atoms with van der Waals surface area (Å²) in [7, 11) is 0. The van der Waals surface area contributed by atoms with Crippen LogP contribution >= 0.6 is 0 Å². The van der Waals surface area contributed by atoms with E-state index in [4.69, 9.17) is 9.98 Å². The van der Waals surface area contributed by atoms with Crippen molar-refractivity contribution in [3.63, 3.8) is 0 Å². The maximum atomic E-state index is 5.15. The van der Waals surface area contributed by atoms with Gasteiger partial charge in [0.1, 0.15) is 5.49 Å². The van der Waals surface area contributed by atoms with Crippen molar-refractivity contribution in [1.29, 1.82) is 0 Å². The molecule has 1 aromatic heterocycles. The van der Waals surface area contributed by atoms with E-state index in [9.17, 15) is 0 Å². The molecule has 3 aromatic carbocycles. The molecule has 0 spiro atoms. The van der Waals surface area contributed by atoms with Crippen molar-refractivity contribution in [2.45, 2.75) is 53.6 Å². The number of allylic oxidation sites excluding steroid dienone is 12. The van der Waals surface area contributed by atoms with Gasteiger partial charge < -0.3 is 4.57 Å². The lowest BCUT2D eigenvalue weighted by Gasteiger charge is -2.17. The molecule has 0 saturated heterocycles. The summed E-state index contributed by atoms with van der Waals surface area (Å²) in [5.74, 6) is 0. The molecular formula is C45H47N3. The molecule has 0 aliphatic heterocycles. The minimum atomic E-state index is -0.00704. The van der Waals surface area contributed by atoms with Gasteiger partial charge in [-0.1, -0.05) is 121 Å². The van der Waals surface area contributed by atoms with Gasteiger partial charge in [-0.2, -0.15) is 0 Å². The molecule has 3 nitrogen and oxygen atoms in total. The van der Waals surface area contributed by atoms with E-state index in [0.29, 0.717) is 6.54 Å². The summed E-state index contributed by atoms with van der Waals surface area (Å²) in [4.78, 5) is 10.1. The maximum Gasteiger partial charge on any atom is 0.136 e. The van der Waals surface area contributed by atoms with E-state index in [-0.39, 0.29) is 6.04 Å². The number of benzene rings is 3. The zero-order valence-electron chi connectivity index (χ0n) is 29.1. The van der Waals surface area contributed by atoms with Crippen LogP contribution in [0, 0.1) is 0 Å². The molecular weight excluding hydrogens is 583 g/mol. The Hall–Kier alpha value is -5.28. The van der Waals surface area contributed by atoms with Crippen molar-refractivity contribution < 1.29 is 0 Å². The number of rotatable bonds is 11. The highest BCUT2D eigenvalue weighted by atomic mass is 15.0. The third kappa shape index (κ3) is 7.81. The van der Waals surface area contributed by atoms with Crippen molar-refractivity contribution in [1.82, 2.24) is 4.57 Å². The van der Waals surface area contributed by atoms with Gasteiger partial charge in [-0.05, 0) is 92.5 Å². The number of nitrogens with zero attached hydrogens (tertiary/aromatic N) is 3. The van der Waals surface area contributed by atoms with Crippen LogP contribution in [0.1, 0.15) is 52.2 Å². The Bertz CT molecular complexity index is 2140. The summed E-state index contributed by atoms with van der Waals surface area (Å²) in [6.07, 6.45) is 24.2. The van der Waals surface area contributed by atoms with Crippen LogP contribution in [0.15, 0.2) is 162 Å². The zero-order valence-corrected chi connectivity index (χ0v) is 29.1. The Morgan fingerprint density at radius 1 is 0.917 bits per heavy atom. The molecule has 0 fully saturated rings. The summed E-state index contributed by atoms with van der Waals surface area (Å²) in [6, 6.07) is 22.3. The van der Waals surface area contributed by atoms with Crippen LogP contribution in [0.2, 0.25) is 0 Å². The Kier molecular flexibility index (Phi) is 11.4. The summed E-state index contributed by atoms with van der Waals surface area (Å²) in [5, 5.41) is 3.54. The van der Waals surface area contributed by atoms with Crippen LogP contribution in [0.4, 0.5) is 0 Å². The fourth-order valence-electron chi connectivity index (χ4n) is 6.05. The van der Waals surface area contributed by atoms with Crippen molar-refractivity contribution in [2.24, 2.45) is 9.98 Å². The van der Waals surface area contributed by atoms with Crippen LogP contribution in [0.3, 0.4) is 0 Å². The average molecular weight is 630 g/mol. The van der Waals surface area contributed by atoms with Crippen LogP contribution in [-0.4, -0.2) is 22.9 Å². The molecule has 1 atom stereocenters. The fraction of sp³-hybridized carbons (Fsp3) is 0.200. The molecule has 4 aromatic rings. The molecule has 5 rings (SSSR count). The lowest BCUT2D eigenvalue weighted by molar-refractivity contribution is 0.761. The minimum absolute atomic E-state index is 0.00704. The smallest absolute Gasteiger partial charge is 0.136 e. The van der Waals surface area contributed by atoms with E-state index in [1.165, 1.54) is 44.1 Å². The van der Waals surface area contributed by atoms with Crippen LogP contribution in [0.25, 0.3) is 38.4 Å². The predicted octanol–water partition coefficient (Wildman–Crippen LogP) is 11.3. The molecule has 1 aliphatic carbocycles. The van der Waals surface area contributed by atoms with Gasteiger partial charge in [-0.15, -0.1) is 6.58 Å². The largest absolute Gasteiger partial charge is 0.322 e. The van der Waals surface area contributed by atoms with Gasteiger partial charge in [0.25, 0.3) is 0 Å². The Balaban J connectivity index is 1.69. The number of hydrogen-bond acceptors (Lipinski definition) is 2. The van der Waals surface area contributed by atoms with Gasteiger partial charge in [0, 0.05) is 28.6 Å². The highest BCUT2D eigenvalue weighted by molar-refractivity contribution is 6.08. The van der Waals surface area contributed by atoms with Gasteiger partial charge >= 0.3 is 0 Å². The molecule has 1 heterocycles. The van der Waals surface area contributed by atoms with Gasteiger partial charge in [-0.3, -0.25) is 9.98 Å². The van der Waals surface area contributed by atoms with E-state index >= 15 is 0 Å². The van der Waals surface area contributed by atoms with E-state index < -0.39 is 0 Å². The lowest BCUT2D eigenvalue weighted by atomic mass is 9.89. The molecule has 0 saturated carbocycles. The molecule has 1 unspecified atom stereocenters. The first-order chi connectivity index (χ1) is 23.3. The number of fused-ring (bicyclic) bond motifs is 3. The van der Waals surface area contributed by atoms with Gasteiger partial charge in [0.2, 0.25) is 0 Å². The topological polar surface area (TPSA) is 29.6 Å². The van der Waals surface area contributed by atoms with Crippen molar-refractivity contribution in [3.8, 4) is 11.1 Å². The summed E-state index contributed by atoms with van der Waals surface area (Å²) in [6.45, 7) is 19.7. The van der Waals surface area contributed by atoms with E-state index in [1.54, 1.807) is 0 Å². The van der Waals surface area contributed by atoms with Gasteiger partial charge in [-0.25, -0.2) is 0 Å². The monoisotopic (exact) mass is 629 g/mol.